The summed E-state index contributed by atoms with van der Waals surface area (Å²) in [5.74, 6) is 0. The van der Waals surface area contributed by atoms with Crippen molar-refractivity contribution in [3.63, 3.8) is 0 Å². The van der Waals surface area contributed by atoms with Crippen LogP contribution in [0.25, 0.3) is 0 Å². The molecule has 0 fully saturated rings. The van der Waals surface area contributed by atoms with Crippen molar-refractivity contribution in [2.45, 2.75) is 6.92 Å². The van der Waals surface area contributed by atoms with Crippen LogP contribution in [0.4, 0.5) is 0 Å². The average molecular weight is 236 g/mol. The molecular formula is C2H4Br2Ti. The van der Waals surface area contributed by atoms with Crippen molar-refractivity contribution < 1.29 is 13.2 Å². The summed E-state index contributed by atoms with van der Waals surface area (Å²) in [7, 11) is 0. The third-order valence-electron chi connectivity index (χ3n) is 0.218. The summed E-state index contributed by atoms with van der Waals surface area (Å²) in [6.45, 7) is 2.05. The van der Waals surface area contributed by atoms with E-state index < -0.39 is 13.2 Å². The van der Waals surface area contributed by atoms with Crippen LogP contribution in [0.1, 0.15) is 6.92 Å². The molecule has 0 unspecified atom stereocenters. The molecule has 0 bridgehead atoms. The molecule has 0 nitrogen and oxygen atoms in total. The molecule has 0 N–H and O–H groups in total. The van der Waals surface area contributed by atoms with E-state index in [9.17, 15) is 0 Å². The number of hydrogen-bond acceptors (Lipinski definition) is 0. The van der Waals surface area contributed by atoms with Crippen molar-refractivity contribution in [1.29, 1.82) is 0 Å². The fraction of sp³-hybridized carbons (Fsp3) is 0.500. The monoisotopic (exact) mass is 234 g/mol. The Hall–Kier alpha value is 1.54. The number of hydrogen-bond donors (Lipinski definition) is 0. The van der Waals surface area contributed by atoms with Crippen LogP contribution in [-0.4, -0.2) is 4.31 Å². The molecular weight excluding hydrogens is 232 g/mol. The minimum absolute atomic E-state index is 0.856. The molecule has 0 saturated carbocycles. The van der Waals surface area contributed by atoms with Crippen LogP contribution in [0.15, 0.2) is 0 Å². The Balaban J connectivity index is 3.14. The van der Waals surface area contributed by atoms with E-state index in [-0.39, 0.29) is 0 Å². The molecule has 0 aliphatic heterocycles. The number of halogens is 2. The fourth-order valence-corrected chi connectivity index (χ4v) is 0. The SMILES string of the molecule is C[CH]=[Ti]([Br])[Br]. The van der Waals surface area contributed by atoms with Gasteiger partial charge in [0.05, 0.1) is 0 Å². The van der Waals surface area contributed by atoms with E-state index in [0.29, 0.717) is 0 Å². The van der Waals surface area contributed by atoms with Gasteiger partial charge in [0.25, 0.3) is 0 Å². The van der Waals surface area contributed by atoms with E-state index in [1.807, 2.05) is 0 Å². The second kappa shape index (κ2) is 3.72. The van der Waals surface area contributed by atoms with Crippen LogP contribution in [-0.2, 0) is 13.2 Å². The topological polar surface area (TPSA) is 0 Å². The summed E-state index contributed by atoms with van der Waals surface area (Å²) in [5, 5.41) is 0. The summed E-state index contributed by atoms with van der Waals surface area (Å²) < 4.78 is 2.17. The second-order valence-electron chi connectivity index (χ2n) is 0.578. The van der Waals surface area contributed by atoms with E-state index in [2.05, 4.69) is 37.6 Å². The zero-order valence-electron chi connectivity index (χ0n) is 2.83. The molecule has 3 heteroatoms. The third kappa shape index (κ3) is 5.54. The molecule has 0 spiro atoms. The van der Waals surface area contributed by atoms with Gasteiger partial charge in [-0.05, 0) is 0 Å². The predicted octanol–water partition coefficient (Wildman–Crippen LogP) is 2.05. The van der Waals surface area contributed by atoms with Crippen LogP contribution in [0.2, 0.25) is 0 Å². The Kier molecular flexibility index (Phi) is 4.88. The first kappa shape index (κ1) is 6.54. The van der Waals surface area contributed by atoms with E-state index >= 15 is 0 Å². The van der Waals surface area contributed by atoms with Crippen LogP contribution in [0.5, 0.6) is 0 Å². The van der Waals surface area contributed by atoms with Gasteiger partial charge in [-0.2, -0.15) is 0 Å². The predicted molar refractivity (Wildman–Crippen MR) is 29.6 cm³/mol. The van der Waals surface area contributed by atoms with Crippen molar-refractivity contribution in [3.8, 4) is 0 Å². The third-order valence-corrected chi connectivity index (χ3v) is 4.68. The molecule has 0 aromatic rings. The molecule has 0 radical (unpaired) electrons. The van der Waals surface area contributed by atoms with Crippen LogP contribution >= 0.6 is 26.3 Å². The maximum atomic E-state index is 3.40. The van der Waals surface area contributed by atoms with E-state index in [0.717, 1.165) is 0 Å². The first-order valence-corrected chi connectivity index (χ1v) is 9.87. The van der Waals surface area contributed by atoms with Gasteiger partial charge in [0.2, 0.25) is 0 Å². The van der Waals surface area contributed by atoms with Gasteiger partial charge in [0, 0.05) is 0 Å². The van der Waals surface area contributed by atoms with Crippen molar-refractivity contribution in [2.24, 2.45) is 0 Å². The molecule has 0 rings (SSSR count). The zero-order chi connectivity index (χ0) is 4.28. The average Bonchev–Trinajstić information content (AvgIpc) is 1.38. The molecule has 0 atom stereocenters. The zero-order valence-corrected chi connectivity index (χ0v) is 7.57. The van der Waals surface area contributed by atoms with Gasteiger partial charge < -0.3 is 0 Å². The standard InChI is InChI=1S/C2H4.2BrH.Ti/c1-2;;;/h1H,2H3;2*1H;/q;;;+2/p-2. The normalized spacial score (nSPS) is 7.00. The summed E-state index contributed by atoms with van der Waals surface area (Å²) in [6, 6.07) is 0. The summed E-state index contributed by atoms with van der Waals surface area (Å²) >= 11 is 5.95. The van der Waals surface area contributed by atoms with Crippen molar-refractivity contribution >= 4 is 30.6 Å². The van der Waals surface area contributed by atoms with Gasteiger partial charge >= 0.3 is 50.8 Å². The van der Waals surface area contributed by atoms with Crippen LogP contribution in [0.3, 0.4) is 0 Å². The van der Waals surface area contributed by atoms with Gasteiger partial charge in [0.1, 0.15) is 0 Å². The Bertz CT molecular complexity index is 45.6. The van der Waals surface area contributed by atoms with Crippen LogP contribution in [0, 0.1) is 0 Å². The van der Waals surface area contributed by atoms with E-state index in [1.54, 1.807) is 0 Å². The first-order valence-electron chi connectivity index (χ1n) is 1.24. The molecule has 30 valence electrons. The van der Waals surface area contributed by atoms with Crippen molar-refractivity contribution in [1.82, 2.24) is 0 Å². The molecule has 0 amide bonds. The second-order valence-corrected chi connectivity index (χ2v) is 13.8. The van der Waals surface area contributed by atoms with Gasteiger partial charge in [-0.3, -0.25) is 0 Å². The first-order chi connectivity index (χ1) is 2.27. The van der Waals surface area contributed by atoms with Gasteiger partial charge in [0.15, 0.2) is 0 Å². The molecule has 0 aromatic heterocycles. The number of rotatable bonds is 0. The van der Waals surface area contributed by atoms with E-state index in [1.165, 1.54) is 0 Å². The van der Waals surface area contributed by atoms with Crippen molar-refractivity contribution in [3.05, 3.63) is 0 Å². The van der Waals surface area contributed by atoms with E-state index in [4.69, 9.17) is 0 Å². The van der Waals surface area contributed by atoms with Crippen molar-refractivity contribution in [2.75, 3.05) is 0 Å². The molecule has 0 heterocycles. The maximum absolute atomic E-state index is 3.40. The Morgan fingerprint density at radius 3 is 1.80 bits per heavy atom. The van der Waals surface area contributed by atoms with Gasteiger partial charge in [-0.1, -0.05) is 0 Å². The molecule has 5 heavy (non-hydrogen) atoms. The quantitative estimate of drug-likeness (QED) is 0.564. The van der Waals surface area contributed by atoms with Gasteiger partial charge in [-0.15, -0.1) is 0 Å². The summed E-state index contributed by atoms with van der Waals surface area (Å²) in [6.07, 6.45) is 0. The minimum atomic E-state index is -0.856. The molecule has 0 aromatic carbocycles. The summed E-state index contributed by atoms with van der Waals surface area (Å²) in [5.41, 5.74) is 0. The Labute approximate surface area is 50.4 Å². The Morgan fingerprint density at radius 2 is 1.80 bits per heavy atom. The Morgan fingerprint density at radius 1 is 1.60 bits per heavy atom. The molecule has 0 saturated heterocycles. The van der Waals surface area contributed by atoms with Crippen LogP contribution < -0.4 is 0 Å². The molecule has 0 aliphatic rings. The van der Waals surface area contributed by atoms with Gasteiger partial charge in [-0.25, -0.2) is 0 Å². The fourth-order valence-electron chi connectivity index (χ4n) is 0. The summed E-state index contributed by atoms with van der Waals surface area (Å²) in [4.78, 5) is 0. The molecule has 0 aliphatic carbocycles.